The maximum Gasteiger partial charge on any atom is 0.272 e. The lowest BCUT2D eigenvalue weighted by Crippen LogP contribution is -2.33. The standard InChI is InChI=1S/C21H22FN5O2/c1-14-12-18(25-27(14)19-7-5-4-6-17(19)22)21(29)23-13-20(28)24-15-8-10-16(11-9-15)26(2)3/h4-12H,13H2,1-3H3,(H,23,29)(H,24,28). The number of amides is 2. The lowest BCUT2D eigenvalue weighted by atomic mass is 10.2. The van der Waals surface area contributed by atoms with E-state index in [1.807, 2.05) is 31.1 Å². The number of aromatic nitrogens is 2. The van der Waals surface area contributed by atoms with Gasteiger partial charge in [0.2, 0.25) is 5.91 Å². The lowest BCUT2D eigenvalue weighted by Gasteiger charge is -2.13. The van der Waals surface area contributed by atoms with Crippen LogP contribution in [0.4, 0.5) is 15.8 Å². The van der Waals surface area contributed by atoms with Crippen molar-refractivity contribution >= 4 is 23.2 Å². The van der Waals surface area contributed by atoms with Gasteiger partial charge in [0, 0.05) is 31.2 Å². The molecule has 2 N–H and O–H groups in total. The van der Waals surface area contributed by atoms with Gasteiger partial charge in [-0.3, -0.25) is 9.59 Å². The summed E-state index contributed by atoms with van der Waals surface area (Å²) in [4.78, 5) is 26.4. The Morgan fingerprint density at radius 1 is 1.10 bits per heavy atom. The number of anilines is 2. The monoisotopic (exact) mass is 395 g/mol. The van der Waals surface area contributed by atoms with Crippen LogP contribution in [0.5, 0.6) is 0 Å². The molecule has 3 aromatic rings. The largest absolute Gasteiger partial charge is 0.378 e. The average Bonchev–Trinajstić information content (AvgIpc) is 3.08. The van der Waals surface area contributed by atoms with Crippen LogP contribution in [0.3, 0.4) is 0 Å². The SMILES string of the molecule is Cc1cc(C(=O)NCC(=O)Nc2ccc(N(C)C)cc2)nn1-c1ccccc1F. The molecule has 1 aromatic heterocycles. The molecule has 0 radical (unpaired) electrons. The summed E-state index contributed by atoms with van der Waals surface area (Å²) in [5, 5.41) is 9.40. The van der Waals surface area contributed by atoms with E-state index >= 15 is 0 Å². The van der Waals surface area contributed by atoms with Crippen molar-refractivity contribution in [3.8, 4) is 5.69 Å². The van der Waals surface area contributed by atoms with Crippen LogP contribution in [-0.4, -0.2) is 42.2 Å². The van der Waals surface area contributed by atoms with Crippen LogP contribution in [0.25, 0.3) is 5.69 Å². The number of hydrogen-bond acceptors (Lipinski definition) is 4. The molecule has 0 aliphatic heterocycles. The Balaban J connectivity index is 1.60. The van der Waals surface area contributed by atoms with Crippen LogP contribution in [0.15, 0.2) is 54.6 Å². The molecule has 0 saturated heterocycles. The number of nitrogens with zero attached hydrogens (tertiary/aromatic N) is 3. The van der Waals surface area contributed by atoms with Gasteiger partial charge in [-0.25, -0.2) is 9.07 Å². The first-order chi connectivity index (χ1) is 13.8. The van der Waals surface area contributed by atoms with Crippen LogP contribution in [0.2, 0.25) is 0 Å². The zero-order valence-corrected chi connectivity index (χ0v) is 16.4. The molecular formula is C21H22FN5O2. The fourth-order valence-electron chi connectivity index (χ4n) is 2.75. The Morgan fingerprint density at radius 3 is 2.45 bits per heavy atom. The van der Waals surface area contributed by atoms with E-state index in [0.29, 0.717) is 11.4 Å². The number of aryl methyl sites for hydroxylation is 1. The van der Waals surface area contributed by atoms with Crippen LogP contribution in [0.1, 0.15) is 16.2 Å². The van der Waals surface area contributed by atoms with Crippen molar-refractivity contribution in [3.63, 3.8) is 0 Å². The van der Waals surface area contributed by atoms with Crippen LogP contribution in [0, 0.1) is 12.7 Å². The van der Waals surface area contributed by atoms with Crippen LogP contribution < -0.4 is 15.5 Å². The van der Waals surface area contributed by atoms with Crippen molar-refractivity contribution in [1.29, 1.82) is 0 Å². The molecule has 0 fully saturated rings. The van der Waals surface area contributed by atoms with Crippen molar-refractivity contribution in [2.24, 2.45) is 0 Å². The topological polar surface area (TPSA) is 79.3 Å². The molecule has 0 unspecified atom stereocenters. The molecule has 0 atom stereocenters. The Bertz CT molecular complexity index is 1030. The minimum absolute atomic E-state index is 0.105. The molecule has 8 heteroatoms. The molecule has 150 valence electrons. The number of carbonyl (C=O) groups excluding carboxylic acids is 2. The molecule has 0 saturated carbocycles. The lowest BCUT2D eigenvalue weighted by molar-refractivity contribution is -0.115. The quantitative estimate of drug-likeness (QED) is 0.673. The summed E-state index contributed by atoms with van der Waals surface area (Å²) >= 11 is 0. The fraction of sp³-hybridized carbons (Fsp3) is 0.190. The molecule has 0 bridgehead atoms. The number of hydrogen-bond donors (Lipinski definition) is 2. The molecule has 0 spiro atoms. The van der Waals surface area contributed by atoms with E-state index in [4.69, 9.17) is 0 Å². The molecule has 2 amide bonds. The zero-order chi connectivity index (χ0) is 21.0. The second-order valence-electron chi connectivity index (χ2n) is 6.71. The van der Waals surface area contributed by atoms with Gasteiger partial charge in [0.05, 0.1) is 6.54 Å². The highest BCUT2D eigenvalue weighted by atomic mass is 19.1. The Labute approximate surface area is 168 Å². The van der Waals surface area contributed by atoms with Crippen LogP contribution in [-0.2, 0) is 4.79 Å². The first kappa shape index (κ1) is 20.1. The number of para-hydroxylation sites is 1. The average molecular weight is 395 g/mol. The van der Waals surface area contributed by atoms with Gasteiger partial charge in [-0.15, -0.1) is 0 Å². The van der Waals surface area contributed by atoms with Crippen LogP contribution >= 0.6 is 0 Å². The highest BCUT2D eigenvalue weighted by Gasteiger charge is 2.16. The van der Waals surface area contributed by atoms with Crippen molar-refractivity contribution in [2.45, 2.75) is 6.92 Å². The molecule has 3 rings (SSSR count). The Hall–Kier alpha value is -3.68. The number of rotatable bonds is 6. The summed E-state index contributed by atoms with van der Waals surface area (Å²) in [6, 6.07) is 15.0. The van der Waals surface area contributed by atoms with E-state index in [9.17, 15) is 14.0 Å². The first-order valence-corrected chi connectivity index (χ1v) is 9.02. The van der Waals surface area contributed by atoms with Gasteiger partial charge >= 0.3 is 0 Å². The zero-order valence-electron chi connectivity index (χ0n) is 16.4. The summed E-state index contributed by atoms with van der Waals surface area (Å²) < 4.78 is 15.3. The Kier molecular flexibility index (Phi) is 5.92. The van der Waals surface area contributed by atoms with Gasteiger partial charge in [0.1, 0.15) is 11.5 Å². The van der Waals surface area contributed by atoms with E-state index in [1.165, 1.54) is 10.7 Å². The highest BCUT2D eigenvalue weighted by Crippen LogP contribution is 2.16. The summed E-state index contributed by atoms with van der Waals surface area (Å²) in [6.45, 7) is 1.51. The number of benzene rings is 2. The van der Waals surface area contributed by atoms with Gasteiger partial charge < -0.3 is 15.5 Å². The van der Waals surface area contributed by atoms with E-state index in [-0.39, 0.29) is 23.8 Å². The summed E-state index contributed by atoms with van der Waals surface area (Å²) in [5.74, 6) is -1.31. The third-order valence-corrected chi connectivity index (χ3v) is 4.28. The van der Waals surface area contributed by atoms with E-state index in [2.05, 4.69) is 15.7 Å². The van der Waals surface area contributed by atoms with Crippen molar-refractivity contribution in [3.05, 3.63) is 71.8 Å². The molecule has 0 aliphatic carbocycles. The maximum absolute atomic E-state index is 14.0. The molecular weight excluding hydrogens is 373 g/mol. The predicted molar refractivity (Wildman–Crippen MR) is 110 cm³/mol. The van der Waals surface area contributed by atoms with Gasteiger partial charge in [0.25, 0.3) is 5.91 Å². The smallest absolute Gasteiger partial charge is 0.272 e. The molecule has 29 heavy (non-hydrogen) atoms. The van der Waals surface area contributed by atoms with E-state index < -0.39 is 11.7 Å². The van der Waals surface area contributed by atoms with Gasteiger partial charge in [-0.2, -0.15) is 5.10 Å². The number of nitrogens with one attached hydrogen (secondary N) is 2. The van der Waals surface area contributed by atoms with Crippen molar-refractivity contribution in [1.82, 2.24) is 15.1 Å². The third kappa shape index (κ3) is 4.78. The summed E-state index contributed by atoms with van der Waals surface area (Å²) in [7, 11) is 3.86. The van der Waals surface area contributed by atoms with Gasteiger partial charge in [-0.1, -0.05) is 12.1 Å². The number of halogens is 1. The highest BCUT2D eigenvalue weighted by molar-refractivity contribution is 5.98. The predicted octanol–water partition coefficient (Wildman–Crippen LogP) is 2.75. The van der Waals surface area contributed by atoms with Gasteiger partial charge in [0.15, 0.2) is 5.69 Å². The van der Waals surface area contributed by atoms with E-state index in [0.717, 1.165) is 5.69 Å². The molecule has 0 aliphatic rings. The minimum Gasteiger partial charge on any atom is -0.378 e. The normalized spacial score (nSPS) is 10.5. The fourth-order valence-corrected chi connectivity index (χ4v) is 2.75. The second kappa shape index (κ2) is 8.55. The Morgan fingerprint density at radius 2 is 1.79 bits per heavy atom. The molecule has 2 aromatic carbocycles. The van der Waals surface area contributed by atoms with Crippen molar-refractivity contribution < 1.29 is 14.0 Å². The number of carbonyl (C=O) groups is 2. The molecule has 7 nitrogen and oxygen atoms in total. The van der Waals surface area contributed by atoms with Gasteiger partial charge in [-0.05, 0) is 49.4 Å². The van der Waals surface area contributed by atoms with Crippen molar-refractivity contribution in [2.75, 3.05) is 30.9 Å². The summed E-state index contributed by atoms with van der Waals surface area (Å²) in [6.07, 6.45) is 0. The third-order valence-electron chi connectivity index (χ3n) is 4.28. The second-order valence-corrected chi connectivity index (χ2v) is 6.71. The first-order valence-electron chi connectivity index (χ1n) is 9.02. The maximum atomic E-state index is 14.0. The molecule has 1 heterocycles. The van der Waals surface area contributed by atoms with E-state index in [1.54, 1.807) is 43.3 Å². The minimum atomic E-state index is -0.513. The summed E-state index contributed by atoms with van der Waals surface area (Å²) in [5.41, 5.74) is 2.61.